The van der Waals surface area contributed by atoms with Crippen molar-refractivity contribution in [3.63, 3.8) is 0 Å². The van der Waals surface area contributed by atoms with E-state index < -0.39 is 36.1 Å². The fourth-order valence-electron chi connectivity index (χ4n) is 3.09. The van der Waals surface area contributed by atoms with Crippen molar-refractivity contribution >= 4 is 23.7 Å². The summed E-state index contributed by atoms with van der Waals surface area (Å²) in [5.74, 6) is -3.72. The summed E-state index contributed by atoms with van der Waals surface area (Å²) in [6.45, 7) is 0.179. The SMILES string of the molecule is Nc1cc2c(O)n(CCc3ccc(C(=O)N[C@@H](CCC(=O)O)C(=O)O)cc3F)cnc-2n1. The predicted octanol–water partition coefficient (Wildman–Crippen LogP) is 1.10. The number of anilines is 1. The number of nitrogens with two attached hydrogens (primary N) is 1. The first-order valence-corrected chi connectivity index (χ1v) is 9.50. The minimum atomic E-state index is -1.41. The number of nitrogen functional groups attached to an aromatic ring is 1. The van der Waals surface area contributed by atoms with Gasteiger partial charge >= 0.3 is 11.9 Å². The summed E-state index contributed by atoms with van der Waals surface area (Å²) >= 11 is 0. The van der Waals surface area contributed by atoms with Crippen LogP contribution in [0.15, 0.2) is 30.6 Å². The fraction of sp³-hybridized carbons (Fsp3) is 0.250. The summed E-state index contributed by atoms with van der Waals surface area (Å²) in [6, 6.07) is 3.74. The summed E-state index contributed by atoms with van der Waals surface area (Å²) in [5.41, 5.74) is 6.12. The zero-order valence-electron chi connectivity index (χ0n) is 16.7. The average Bonchev–Trinajstić information content (AvgIpc) is 3.12. The van der Waals surface area contributed by atoms with Gasteiger partial charge in [-0.1, -0.05) is 6.07 Å². The van der Waals surface area contributed by atoms with Crippen molar-refractivity contribution in [1.82, 2.24) is 19.9 Å². The molecular weight excluding hydrogens is 425 g/mol. The Bertz CT molecular complexity index is 1150. The van der Waals surface area contributed by atoms with Crippen LogP contribution in [-0.2, 0) is 22.6 Å². The van der Waals surface area contributed by atoms with Crippen molar-refractivity contribution in [3.8, 4) is 17.3 Å². The molecule has 2 aliphatic heterocycles. The Balaban J connectivity index is 1.68. The van der Waals surface area contributed by atoms with Crippen LogP contribution in [-0.4, -0.2) is 53.7 Å². The van der Waals surface area contributed by atoms with Crippen molar-refractivity contribution in [2.24, 2.45) is 0 Å². The van der Waals surface area contributed by atoms with E-state index in [2.05, 4.69) is 15.3 Å². The first-order chi connectivity index (χ1) is 15.2. The Morgan fingerprint density at radius 2 is 1.97 bits per heavy atom. The lowest BCUT2D eigenvalue weighted by Crippen LogP contribution is -2.41. The molecule has 1 amide bonds. The van der Waals surface area contributed by atoms with E-state index >= 15 is 0 Å². The molecule has 0 fully saturated rings. The number of rotatable bonds is 9. The van der Waals surface area contributed by atoms with Crippen LogP contribution in [0.3, 0.4) is 0 Å². The minimum absolute atomic E-state index is 0.107. The Morgan fingerprint density at radius 1 is 1.22 bits per heavy atom. The van der Waals surface area contributed by atoms with Gasteiger partial charge in [-0.25, -0.2) is 19.2 Å². The Morgan fingerprint density at radius 3 is 2.62 bits per heavy atom. The number of nitrogens with one attached hydrogen (secondary N) is 1. The van der Waals surface area contributed by atoms with Crippen LogP contribution in [0.4, 0.5) is 10.2 Å². The zero-order chi connectivity index (χ0) is 23.4. The molecule has 6 N–H and O–H groups in total. The van der Waals surface area contributed by atoms with Gasteiger partial charge in [0, 0.05) is 18.5 Å². The van der Waals surface area contributed by atoms with Crippen LogP contribution in [0.25, 0.3) is 11.4 Å². The third-order valence-corrected chi connectivity index (χ3v) is 4.79. The third kappa shape index (κ3) is 5.09. The number of amides is 1. The molecule has 0 saturated carbocycles. The van der Waals surface area contributed by atoms with Gasteiger partial charge < -0.3 is 30.9 Å². The van der Waals surface area contributed by atoms with Crippen LogP contribution in [0.5, 0.6) is 5.88 Å². The number of fused-ring (bicyclic) bond motifs is 1. The molecule has 0 radical (unpaired) electrons. The number of carboxylic acids is 2. The molecule has 0 aromatic heterocycles. The number of aryl methyl sites for hydroxylation is 2. The number of halogens is 1. The molecule has 11 nitrogen and oxygen atoms in total. The Labute approximate surface area is 180 Å². The maximum atomic E-state index is 14.5. The molecule has 0 saturated heterocycles. The Kier molecular flexibility index (Phi) is 6.52. The summed E-state index contributed by atoms with van der Waals surface area (Å²) in [5, 5.41) is 30.3. The number of aliphatic carboxylic acids is 2. The minimum Gasteiger partial charge on any atom is -0.494 e. The monoisotopic (exact) mass is 445 g/mol. The van der Waals surface area contributed by atoms with Crippen LogP contribution in [0.1, 0.15) is 28.8 Å². The lowest BCUT2D eigenvalue weighted by molar-refractivity contribution is -0.140. The van der Waals surface area contributed by atoms with E-state index in [9.17, 15) is 23.9 Å². The molecule has 2 heterocycles. The lowest BCUT2D eigenvalue weighted by Gasteiger charge is -2.14. The van der Waals surface area contributed by atoms with E-state index in [1.807, 2.05) is 0 Å². The number of hydrogen-bond acceptors (Lipinski definition) is 7. The molecule has 1 aromatic rings. The first-order valence-electron chi connectivity index (χ1n) is 9.50. The third-order valence-electron chi connectivity index (χ3n) is 4.79. The number of carbonyl (C=O) groups excluding carboxylic acids is 1. The highest BCUT2D eigenvalue weighted by atomic mass is 19.1. The van der Waals surface area contributed by atoms with E-state index in [0.717, 1.165) is 6.07 Å². The zero-order valence-corrected chi connectivity index (χ0v) is 16.7. The number of benzene rings is 1. The van der Waals surface area contributed by atoms with Crippen molar-refractivity contribution in [2.75, 3.05) is 5.73 Å². The second-order valence-corrected chi connectivity index (χ2v) is 7.03. The van der Waals surface area contributed by atoms with E-state index in [1.54, 1.807) is 0 Å². The normalized spacial score (nSPS) is 11.9. The molecular formula is C20H20FN5O6. The van der Waals surface area contributed by atoms with Crippen molar-refractivity contribution in [3.05, 3.63) is 47.5 Å². The van der Waals surface area contributed by atoms with Gasteiger partial charge in [-0.05, 0) is 36.6 Å². The van der Waals surface area contributed by atoms with Gasteiger partial charge in [0.25, 0.3) is 5.91 Å². The maximum absolute atomic E-state index is 14.5. The van der Waals surface area contributed by atoms with Crippen molar-refractivity contribution in [2.45, 2.75) is 31.8 Å². The molecule has 32 heavy (non-hydrogen) atoms. The highest BCUT2D eigenvalue weighted by Crippen LogP contribution is 2.30. The summed E-state index contributed by atoms with van der Waals surface area (Å²) in [7, 11) is 0. The molecule has 1 atom stereocenters. The van der Waals surface area contributed by atoms with Crippen LogP contribution >= 0.6 is 0 Å². The lowest BCUT2D eigenvalue weighted by atomic mass is 10.1. The van der Waals surface area contributed by atoms with E-state index in [1.165, 1.54) is 29.1 Å². The molecule has 1 aromatic carbocycles. The van der Waals surface area contributed by atoms with E-state index in [0.29, 0.717) is 11.4 Å². The number of carbonyl (C=O) groups is 3. The van der Waals surface area contributed by atoms with E-state index in [-0.39, 0.29) is 42.2 Å². The van der Waals surface area contributed by atoms with Crippen LogP contribution in [0, 0.1) is 5.82 Å². The second-order valence-electron chi connectivity index (χ2n) is 7.03. The van der Waals surface area contributed by atoms with Crippen LogP contribution < -0.4 is 11.1 Å². The Hall–Kier alpha value is -4.22. The van der Waals surface area contributed by atoms with Crippen molar-refractivity contribution < 1.29 is 34.1 Å². The number of nitrogens with zero attached hydrogens (tertiary/aromatic N) is 3. The average molecular weight is 445 g/mol. The first kappa shape index (κ1) is 22.5. The summed E-state index contributed by atoms with van der Waals surface area (Å²) < 4.78 is 15.9. The van der Waals surface area contributed by atoms with Gasteiger partial charge in [0.15, 0.2) is 5.82 Å². The number of hydrogen-bond donors (Lipinski definition) is 5. The molecule has 0 unspecified atom stereocenters. The molecule has 3 rings (SSSR count). The van der Waals surface area contributed by atoms with E-state index in [4.69, 9.17) is 15.9 Å². The quantitative estimate of drug-likeness (QED) is 0.322. The van der Waals surface area contributed by atoms with Crippen molar-refractivity contribution in [1.29, 1.82) is 0 Å². The largest absolute Gasteiger partial charge is 0.494 e. The molecule has 2 aliphatic rings. The topological polar surface area (TPSA) is 181 Å². The number of carboxylic acid groups (broad SMARTS) is 2. The van der Waals surface area contributed by atoms with Gasteiger partial charge in [-0.3, -0.25) is 9.59 Å². The van der Waals surface area contributed by atoms with Gasteiger partial charge in [-0.2, -0.15) is 0 Å². The second kappa shape index (κ2) is 9.29. The maximum Gasteiger partial charge on any atom is 0.326 e. The number of aromatic hydroxyl groups is 1. The van der Waals surface area contributed by atoms with Gasteiger partial charge in [0.1, 0.15) is 17.7 Å². The predicted molar refractivity (Wildman–Crippen MR) is 109 cm³/mol. The van der Waals surface area contributed by atoms with Gasteiger partial charge in [-0.15, -0.1) is 0 Å². The summed E-state index contributed by atoms with van der Waals surface area (Å²) in [4.78, 5) is 42.1. The van der Waals surface area contributed by atoms with Crippen LogP contribution in [0.2, 0.25) is 0 Å². The highest BCUT2D eigenvalue weighted by Gasteiger charge is 2.22. The van der Waals surface area contributed by atoms with Gasteiger partial charge in [0.2, 0.25) is 5.88 Å². The molecule has 168 valence electrons. The molecule has 0 bridgehead atoms. The molecule has 0 spiro atoms. The number of aromatic nitrogens is 3. The molecule has 12 heteroatoms. The highest BCUT2D eigenvalue weighted by molar-refractivity contribution is 5.96. The fourth-order valence-corrected chi connectivity index (χ4v) is 3.09. The van der Waals surface area contributed by atoms with Gasteiger partial charge in [0.05, 0.1) is 11.9 Å². The smallest absolute Gasteiger partial charge is 0.326 e. The standard InChI is InChI=1S/C20H20FN5O6/c21-13-7-11(18(29)24-14(20(31)32)3-4-16(27)28)2-1-10(13)5-6-26-9-23-17-12(19(26)30)8-15(22)25-17/h1-2,7-9,14,30H,3-6,22H2,(H,24,29)(H,27,28)(H,31,32)/t14-/m0/s1. The summed E-state index contributed by atoms with van der Waals surface area (Å²) in [6.07, 6.45) is 0.774. The molecule has 0 aliphatic carbocycles.